The molecule has 0 amide bonds. The van der Waals surface area contributed by atoms with Crippen LogP contribution in [0.15, 0.2) is 30.5 Å². The summed E-state index contributed by atoms with van der Waals surface area (Å²) < 4.78 is 78.8. The number of benzene rings is 1. The van der Waals surface area contributed by atoms with Gasteiger partial charge in [0, 0.05) is 17.8 Å². The maximum absolute atomic E-state index is 12.9. The standard InChI is InChI=1S/C16H17F6N3/c1-9(2)25-8-12(15(17,18)19)24-14(25)11-6-4-10(5-7-11)13(23-3)16(20,21)22/h4-9,13,23H,1-3H3. The summed E-state index contributed by atoms with van der Waals surface area (Å²) in [6.07, 6.45) is -8.17. The predicted molar refractivity (Wildman–Crippen MR) is 80.9 cm³/mol. The van der Waals surface area contributed by atoms with E-state index in [1.807, 2.05) is 0 Å². The first kappa shape index (κ1) is 19.3. The topological polar surface area (TPSA) is 29.9 Å². The van der Waals surface area contributed by atoms with Crippen LogP contribution in [0.4, 0.5) is 26.3 Å². The van der Waals surface area contributed by atoms with Crippen LogP contribution >= 0.6 is 0 Å². The van der Waals surface area contributed by atoms with Crippen molar-refractivity contribution in [1.29, 1.82) is 0 Å². The van der Waals surface area contributed by atoms with Gasteiger partial charge < -0.3 is 9.88 Å². The summed E-state index contributed by atoms with van der Waals surface area (Å²) >= 11 is 0. The van der Waals surface area contributed by atoms with E-state index in [-0.39, 0.29) is 17.4 Å². The van der Waals surface area contributed by atoms with Gasteiger partial charge in [-0.2, -0.15) is 26.3 Å². The van der Waals surface area contributed by atoms with Gasteiger partial charge in [0.25, 0.3) is 0 Å². The Morgan fingerprint density at radius 3 is 1.96 bits per heavy atom. The van der Waals surface area contributed by atoms with Crippen molar-refractivity contribution in [3.05, 3.63) is 41.7 Å². The number of rotatable bonds is 4. The van der Waals surface area contributed by atoms with Gasteiger partial charge in [-0.1, -0.05) is 24.3 Å². The Bertz CT molecular complexity index is 713. The van der Waals surface area contributed by atoms with Gasteiger partial charge in [0.2, 0.25) is 0 Å². The zero-order valence-corrected chi connectivity index (χ0v) is 13.7. The molecule has 0 saturated carbocycles. The van der Waals surface area contributed by atoms with Gasteiger partial charge >= 0.3 is 12.4 Å². The fourth-order valence-electron chi connectivity index (χ4n) is 2.48. The van der Waals surface area contributed by atoms with Crippen molar-refractivity contribution in [1.82, 2.24) is 14.9 Å². The van der Waals surface area contributed by atoms with Crippen LogP contribution in [0.3, 0.4) is 0 Å². The molecule has 1 atom stereocenters. The first-order chi connectivity index (χ1) is 11.4. The summed E-state index contributed by atoms with van der Waals surface area (Å²) in [4.78, 5) is 3.62. The molecule has 1 heterocycles. The number of nitrogens with zero attached hydrogens (tertiary/aromatic N) is 2. The Labute approximate surface area is 140 Å². The van der Waals surface area contributed by atoms with Crippen LogP contribution < -0.4 is 5.32 Å². The largest absolute Gasteiger partial charge is 0.434 e. The summed E-state index contributed by atoms with van der Waals surface area (Å²) in [5, 5.41) is 2.18. The van der Waals surface area contributed by atoms with Crippen LogP contribution in [-0.4, -0.2) is 22.8 Å². The predicted octanol–water partition coefficient (Wildman–Crippen LogP) is 4.97. The second-order valence-electron chi connectivity index (χ2n) is 5.83. The van der Waals surface area contributed by atoms with Crippen molar-refractivity contribution in [2.24, 2.45) is 0 Å². The molecule has 3 nitrogen and oxygen atoms in total. The monoisotopic (exact) mass is 365 g/mol. The molecule has 2 rings (SSSR count). The molecule has 0 spiro atoms. The first-order valence-electron chi connectivity index (χ1n) is 7.45. The third kappa shape index (κ3) is 4.15. The van der Waals surface area contributed by atoms with Crippen LogP contribution in [0.25, 0.3) is 11.4 Å². The van der Waals surface area contributed by atoms with E-state index in [1.165, 1.54) is 35.9 Å². The number of imidazole rings is 1. The van der Waals surface area contributed by atoms with Gasteiger partial charge in [-0.15, -0.1) is 0 Å². The van der Waals surface area contributed by atoms with Gasteiger partial charge in [-0.25, -0.2) is 4.98 Å². The van der Waals surface area contributed by atoms with Crippen molar-refractivity contribution in [3.8, 4) is 11.4 Å². The number of aromatic nitrogens is 2. The minimum Gasteiger partial charge on any atom is -0.328 e. The molecular weight excluding hydrogens is 348 g/mol. The molecule has 0 saturated heterocycles. The molecule has 25 heavy (non-hydrogen) atoms. The van der Waals surface area contributed by atoms with Crippen molar-refractivity contribution in [3.63, 3.8) is 0 Å². The van der Waals surface area contributed by atoms with E-state index in [2.05, 4.69) is 10.3 Å². The molecule has 138 valence electrons. The number of halogens is 6. The third-order valence-electron chi connectivity index (χ3n) is 3.70. The lowest BCUT2D eigenvalue weighted by atomic mass is 10.0. The third-order valence-corrected chi connectivity index (χ3v) is 3.70. The van der Waals surface area contributed by atoms with Crippen LogP contribution in [-0.2, 0) is 6.18 Å². The Balaban J connectivity index is 2.45. The van der Waals surface area contributed by atoms with E-state index in [0.29, 0.717) is 5.56 Å². The van der Waals surface area contributed by atoms with Crippen LogP contribution in [0.5, 0.6) is 0 Å². The summed E-state index contributed by atoms with van der Waals surface area (Å²) in [6.45, 7) is 3.39. The van der Waals surface area contributed by atoms with Crippen LogP contribution in [0.1, 0.15) is 37.2 Å². The Kier molecular flexibility index (Phi) is 5.17. The average Bonchev–Trinajstić information content (AvgIpc) is 2.92. The summed E-state index contributed by atoms with van der Waals surface area (Å²) in [6, 6.07) is 3.00. The fraction of sp³-hybridized carbons (Fsp3) is 0.438. The van der Waals surface area contributed by atoms with Gasteiger partial charge in [-0.3, -0.25) is 0 Å². The molecule has 2 aromatic rings. The average molecular weight is 365 g/mol. The molecule has 1 aromatic carbocycles. The van der Waals surface area contributed by atoms with Gasteiger partial charge in [-0.05, 0) is 26.5 Å². The molecule has 9 heteroatoms. The normalized spacial score (nSPS) is 14.2. The number of nitrogens with one attached hydrogen (secondary N) is 1. The fourth-order valence-corrected chi connectivity index (χ4v) is 2.48. The lowest BCUT2D eigenvalue weighted by Crippen LogP contribution is -2.31. The van der Waals surface area contributed by atoms with Crippen molar-refractivity contribution in [2.75, 3.05) is 7.05 Å². The molecule has 0 aliphatic rings. The summed E-state index contributed by atoms with van der Waals surface area (Å²) in [7, 11) is 1.19. The molecule has 0 aliphatic carbocycles. The van der Waals surface area contributed by atoms with E-state index in [4.69, 9.17) is 0 Å². The Hall–Kier alpha value is -2.03. The van der Waals surface area contributed by atoms with Gasteiger partial charge in [0.1, 0.15) is 11.9 Å². The number of alkyl halides is 6. The summed E-state index contributed by atoms with van der Waals surface area (Å²) in [5.74, 6) is 0.0573. The highest BCUT2D eigenvalue weighted by atomic mass is 19.4. The maximum Gasteiger partial charge on any atom is 0.434 e. The van der Waals surface area contributed by atoms with Crippen LogP contribution in [0.2, 0.25) is 0 Å². The molecule has 0 bridgehead atoms. The highest BCUT2D eigenvalue weighted by Gasteiger charge is 2.39. The van der Waals surface area contributed by atoms with E-state index < -0.39 is 24.1 Å². The molecular formula is C16H17F6N3. The second kappa shape index (κ2) is 6.70. The second-order valence-corrected chi connectivity index (χ2v) is 5.83. The quantitative estimate of drug-likeness (QED) is 0.775. The van der Waals surface area contributed by atoms with Gasteiger partial charge in [0.15, 0.2) is 5.69 Å². The minimum atomic E-state index is -4.59. The zero-order valence-electron chi connectivity index (χ0n) is 13.7. The molecule has 1 N–H and O–H groups in total. The Morgan fingerprint density at radius 1 is 1.00 bits per heavy atom. The maximum atomic E-state index is 12.9. The van der Waals surface area contributed by atoms with E-state index in [0.717, 1.165) is 6.20 Å². The van der Waals surface area contributed by atoms with Crippen molar-refractivity contribution >= 4 is 0 Å². The van der Waals surface area contributed by atoms with Crippen molar-refractivity contribution < 1.29 is 26.3 Å². The number of hydrogen-bond acceptors (Lipinski definition) is 2. The molecule has 0 aliphatic heterocycles. The first-order valence-corrected chi connectivity index (χ1v) is 7.45. The van der Waals surface area contributed by atoms with E-state index in [9.17, 15) is 26.3 Å². The molecule has 1 unspecified atom stereocenters. The minimum absolute atomic E-state index is 0.0301. The highest BCUT2D eigenvalue weighted by molar-refractivity contribution is 5.57. The smallest absolute Gasteiger partial charge is 0.328 e. The molecule has 0 radical (unpaired) electrons. The number of hydrogen-bond donors (Lipinski definition) is 1. The van der Waals surface area contributed by atoms with Crippen LogP contribution in [0, 0.1) is 0 Å². The lowest BCUT2D eigenvalue weighted by molar-refractivity contribution is -0.156. The molecule has 1 aromatic heterocycles. The van der Waals surface area contributed by atoms with Gasteiger partial charge in [0.05, 0.1) is 0 Å². The van der Waals surface area contributed by atoms with E-state index >= 15 is 0 Å². The SMILES string of the molecule is CNC(c1ccc(-c2nc(C(F)(F)F)cn2C(C)C)cc1)C(F)(F)F. The lowest BCUT2D eigenvalue weighted by Gasteiger charge is -2.20. The zero-order chi connectivity index (χ0) is 19.0. The summed E-state index contributed by atoms with van der Waals surface area (Å²) in [5.41, 5.74) is -0.758. The highest BCUT2D eigenvalue weighted by Crippen LogP contribution is 2.35. The Morgan fingerprint density at radius 2 is 1.56 bits per heavy atom. The van der Waals surface area contributed by atoms with Crippen molar-refractivity contribution in [2.45, 2.75) is 38.3 Å². The van der Waals surface area contributed by atoms with E-state index in [1.54, 1.807) is 13.8 Å². The molecule has 0 fully saturated rings.